The number of anilines is 2. The largest absolute Gasteiger partial charge is 0.497 e. The number of hydrogen-bond donors (Lipinski definition) is 2. The lowest BCUT2D eigenvalue weighted by Gasteiger charge is -2.08. The number of benzene rings is 3. The van der Waals surface area contributed by atoms with E-state index in [1.165, 1.54) is 24.3 Å². The summed E-state index contributed by atoms with van der Waals surface area (Å²) in [7, 11) is 1.62. The average Bonchev–Trinajstić information content (AvgIpc) is 3.24. The van der Waals surface area contributed by atoms with E-state index in [0.29, 0.717) is 35.1 Å². The van der Waals surface area contributed by atoms with Gasteiger partial charge in [0.25, 0.3) is 0 Å². The van der Waals surface area contributed by atoms with Crippen LogP contribution in [0.2, 0.25) is 0 Å². The van der Waals surface area contributed by atoms with Crippen molar-refractivity contribution in [1.82, 2.24) is 10.1 Å². The fourth-order valence-electron chi connectivity index (χ4n) is 2.96. The highest BCUT2D eigenvalue weighted by Gasteiger charge is 2.11. The number of carbonyl (C=O) groups is 1. The molecular weight excluding hydrogens is 399 g/mol. The maximum atomic E-state index is 13.0. The third-order valence-electron chi connectivity index (χ3n) is 4.44. The molecule has 0 fully saturated rings. The highest BCUT2D eigenvalue weighted by Crippen LogP contribution is 2.22. The van der Waals surface area contributed by atoms with Gasteiger partial charge in [0.2, 0.25) is 11.7 Å². The molecule has 4 aromatic rings. The second-order valence-electron chi connectivity index (χ2n) is 6.71. The van der Waals surface area contributed by atoms with Crippen LogP contribution < -0.4 is 15.4 Å². The van der Waals surface area contributed by atoms with Gasteiger partial charge in [-0.05, 0) is 54.1 Å². The number of nitrogens with one attached hydrogen (secondary N) is 2. The molecule has 7 nitrogen and oxygen atoms in total. The first-order valence-electron chi connectivity index (χ1n) is 9.48. The van der Waals surface area contributed by atoms with Crippen molar-refractivity contribution in [3.8, 4) is 17.1 Å². The molecule has 0 atom stereocenters. The van der Waals surface area contributed by atoms with Crippen molar-refractivity contribution >= 4 is 17.4 Å². The second-order valence-corrected chi connectivity index (χ2v) is 6.71. The van der Waals surface area contributed by atoms with E-state index in [2.05, 4.69) is 20.8 Å². The summed E-state index contributed by atoms with van der Waals surface area (Å²) in [4.78, 5) is 16.6. The van der Waals surface area contributed by atoms with Gasteiger partial charge in [0, 0.05) is 16.9 Å². The molecule has 0 unspecified atom stereocenters. The normalized spacial score (nSPS) is 10.5. The van der Waals surface area contributed by atoms with Gasteiger partial charge in [0.1, 0.15) is 11.6 Å². The molecule has 3 aromatic carbocycles. The maximum absolute atomic E-state index is 13.0. The van der Waals surface area contributed by atoms with Gasteiger partial charge in [0.05, 0.1) is 13.5 Å². The van der Waals surface area contributed by atoms with Crippen molar-refractivity contribution in [2.24, 2.45) is 0 Å². The Morgan fingerprint density at radius 3 is 2.58 bits per heavy atom. The molecule has 1 aromatic heterocycles. The number of amides is 2. The van der Waals surface area contributed by atoms with Gasteiger partial charge in [-0.25, -0.2) is 9.18 Å². The van der Waals surface area contributed by atoms with Gasteiger partial charge in [-0.2, -0.15) is 4.98 Å². The van der Waals surface area contributed by atoms with Crippen LogP contribution in [-0.2, 0) is 6.42 Å². The minimum Gasteiger partial charge on any atom is -0.497 e. The van der Waals surface area contributed by atoms with Gasteiger partial charge in [0.15, 0.2) is 0 Å². The zero-order chi connectivity index (χ0) is 21.6. The SMILES string of the molecule is COc1cccc(Cc2nc(-c3cccc(NC(=O)Nc4ccc(F)cc4)c3)no2)c1. The van der Waals surface area contributed by atoms with Gasteiger partial charge < -0.3 is 19.9 Å². The molecular formula is C23H19FN4O3. The topological polar surface area (TPSA) is 89.3 Å². The predicted molar refractivity (Wildman–Crippen MR) is 115 cm³/mol. The van der Waals surface area contributed by atoms with E-state index in [0.717, 1.165) is 11.3 Å². The first-order valence-corrected chi connectivity index (χ1v) is 9.48. The van der Waals surface area contributed by atoms with E-state index in [9.17, 15) is 9.18 Å². The van der Waals surface area contributed by atoms with E-state index < -0.39 is 6.03 Å². The number of hydrogen-bond acceptors (Lipinski definition) is 5. The smallest absolute Gasteiger partial charge is 0.323 e. The van der Waals surface area contributed by atoms with Crippen molar-refractivity contribution in [1.29, 1.82) is 0 Å². The summed E-state index contributed by atoms with van der Waals surface area (Å²) in [5.41, 5.74) is 2.72. The molecule has 4 rings (SSSR count). The minimum absolute atomic E-state index is 0.371. The summed E-state index contributed by atoms with van der Waals surface area (Å²) in [6.45, 7) is 0. The van der Waals surface area contributed by atoms with Crippen LogP contribution in [0.4, 0.5) is 20.6 Å². The molecule has 0 aliphatic rings. The van der Waals surface area contributed by atoms with Gasteiger partial charge in [-0.15, -0.1) is 0 Å². The third-order valence-corrected chi connectivity index (χ3v) is 4.44. The maximum Gasteiger partial charge on any atom is 0.323 e. The highest BCUT2D eigenvalue weighted by molar-refractivity contribution is 6.00. The van der Waals surface area contributed by atoms with Crippen molar-refractivity contribution in [2.45, 2.75) is 6.42 Å². The van der Waals surface area contributed by atoms with Crippen molar-refractivity contribution in [3.05, 3.63) is 90.1 Å². The van der Waals surface area contributed by atoms with Gasteiger partial charge >= 0.3 is 6.03 Å². The highest BCUT2D eigenvalue weighted by atomic mass is 19.1. The molecule has 156 valence electrons. The molecule has 0 saturated carbocycles. The fraction of sp³-hybridized carbons (Fsp3) is 0.0870. The Morgan fingerprint density at radius 2 is 1.77 bits per heavy atom. The van der Waals surface area contributed by atoms with Crippen LogP contribution in [0.5, 0.6) is 5.75 Å². The molecule has 0 bridgehead atoms. The van der Waals surface area contributed by atoms with Crippen LogP contribution in [0.15, 0.2) is 77.3 Å². The molecule has 31 heavy (non-hydrogen) atoms. The minimum atomic E-state index is -0.449. The average molecular weight is 418 g/mol. The van der Waals surface area contributed by atoms with E-state index in [-0.39, 0.29) is 5.82 Å². The molecule has 2 N–H and O–H groups in total. The summed E-state index contributed by atoms with van der Waals surface area (Å²) in [5.74, 6) is 1.27. The molecule has 8 heteroatoms. The van der Waals surface area contributed by atoms with E-state index >= 15 is 0 Å². The lowest BCUT2D eigenvalue weighted by Crippen LogP contribution is -2.19. The lowest BCUT2D eigenvalue weighted by atomic mass is 10.1. The van der Waals surface area contributed by atoms with Crippen LogP contribution >= 0.6 is 0 Å². The molecule has 0 spiro atoms. The van der Waals surface area contributed by atoms with Crippen molar-refractivity contribution in [3.63, 3.8) is 0 Å². The Bertz CT molecular complexity index is 1190. The Kier molecular flexibility index (Phi) is 5.89. The van der Waals surface area contributed by atoms with Crippen LogP contribution in [-0.4, -0.2) is 23.3 Å². The third kappa shape index (κ3) is 5.24. The van der Waals surface area contributed by atoms with Gasteiger partial charge in [-0.1, -0.05) is 29.4 Å². The van der Waals surface area contributed by atoms with Crippen LogP contribution in [0.1, 0.15) is 11.5 Å². The summed E-state index contributed by atoms with van der Waals surface area (Å²) in [6.07, 6.45) is 0.474. The molecule has 0 radical (unpaired) electrons. The Morgan fingerprint density at radius 1 is 1.00 bits per heavy atom. The standard InChI is InChI=1S/C23H19FN4O3/c1-30-20-7-2-4-15(12-20)13-21-27-22(28-31-21)16-5-3-6-19(14-16)26-23(29)25-18-10-8-17(24)9-11-18/h2-12,14H,13H2,1H3,(H2,25,26,29). The fourth-order valence-corrected chi connectivity index (χ4v) is 2.96. The summed E-state index contributed by atoms with van der Waals surface area (Å²) >= 11 is 0. The van der Waals surface area contributed by atoms with E-state index in [1.807, 2.05) is 30.3 Å². The summed E-state index contributed by atoms with van der Waals surface area (Å²) < 4.78 is 23.6. The Labute approximate surface area is 177 Å². The number of aromatic nitrogens is 2. The lowest BCUT2D eigenvalue weighted by molar-refractivity contribution is 0.262. The van der Waals surface area contributed by atoms with Crippen LogP contribution in [0.25, 0.3) is 11.4 Å². The van der Waals surface area contributed by atoms with E-state index in [4.69, 9.17) is 9.26 Å². The summed E-state index contributed by atoms with van der Waals surface area (Å²) in [6, 6.07) is 19.8. The number of nitrogens with zero attached hydrogens (tertiary/aromatic N) is 2. The zero-order valence-electron chi connectivity index (χ0n) is 16.6. The number of halogens is 1. The first-order chi connectivity index (χ1) is 15.1. The molecule has 2 amide bonds. The molecule has 0 aliphatic carbocycles. The zero-order valence-corrected chi connectivity index (χ0v) is 16.6. The number of carbonyl (C=O) groups excluding carboxylic acids is 1. The molecule has 0 saturated heterocycles. The van der Waals surface area contributed by atoms with Gasteiger partial charge in [-0.3, -0.25) is 0 Å². The monoisotopic (exact) mass is 418 g/mol. The Hall–Kier alpha value is -4.20. The number of methoxy groups -OCH3 is 1. The van der Waals surface area contributed by atoms with Crippen molar-refractivity contribution < 1.29 is 18.4 Å². The quantitative estimate of drug-likeness (QED) is 0.454. The van der Waals surface area contributed by atoms with E-state index in [1.54, 1.807) is 25.3 Å². The second kappa shape index (κ2) is 9.08. The molecule has 0 aliphatic heterocycles. The predicted octanol–water partition coefficient (Wildman–Crippen LogP) is 5.12. The number of ether oxygens (including phenoxy) is 1. The number of rotatable bonds is 6. The van der Waals surface area contributed by atoms with Crippen molar-refractivity contribution in [2.75, 3.05) is 17.7 Å². The van der Waals surface area contributed by atoms with Crippen LogP contribution in [0, 0.1) is 5.82 Å². The Balaban J connectivity index is 1.43. The summed E-state index contributed by atoms with van der Waals surface area (Å²) in [5, 5.41) is 9.41. The first kappa shape index (κ1) is 20.1. The van der Waals surface area contributed by atoms with Crippen LogP contribution in [0.3, 0.4) is 0 Å². The molecule has 1 heterocycles. The number of urea groups is 1.